The fourth-order valence-electron chi connectivity index (χ4n) is 3.73. The van der Waals surface area contributed by atoms with E-state index in [4.69, 9.17) is 11.6 Å². The Balaban J connectivity index is 1.81. The lowest BCUT2D eigenvalue weighted by molar-refractivity contribution is 0.589. The number of rotatable bonds is 4. The first kappa shape index (κ1) is 21.8. The van der Waals surface area contributed by atoms with E-state index in [-0.39, 0.29) is 15.6 Å². The maximum Gasteiger partial charge on any atom is 0.269 e. The molecule has 5 aromatic rings. The molecule has 0 aliphatic rings. The Hall–Kier alpha value is -3.00. The van der Waals surface area contributed by atoms with Gasteiger partial charge in [0.05, 0.1) is 9.92 Å². The molecule has 4 nitrogen and oxygen atoms in total. The van der Waals surface area contributed by atoms with Gasteiger partial charge in [0.1, 0.15) is 5.82 Å². The highest BCUT2D eigenvalue weighted by molar-refractivity contribution is 7.90. The molecule has 3 heterocycles. The van der Waals surface area contributed by atoms with Crippen LogP contribution in [0.2, 0.25) is 5.02 Å². The van der Waals surface area contributed by atoms with Crippen molar-refractivity contribution >= 4 is 44.0 Å². The predicted molar refractivity (Wildman–Crippen MR) is 132 cm³/mol. The van der Waals surface area contributed by atoms with E-state index in [9.17, 15) is 12.8 Å². The van der Waals surface area contributed by atoms with Crippen molar-refractivity contribution in [3.05, 3.63) is 94.3 Å². The van der Waals surface area contributed by atoms with E-state index in [0.717, 1.165) is 25.5 Å². The van der Waals surface area contributed by atoms with Gasteiger partial charge >= 0.3 is 0 Å². The largest absolute Gasteiger partial charge is 0.269 e. The zero-order valence-electron chi connectivity index (χ0n) is 17.7. The number of benzene rings is 2. The number of halogens is 2. The van der Waals surface area contributed by atoms with Crippen LogP contribution in [0.4, 0.5) is 4.39 Å². The van der Waals surface area contributed by atoms with Gasteiger partial charge in [0.2, 0.25) is 0 Å². The molecule has 0 aliphatic carbocycles. The van der Waals surface area contributed by atoms with Crippen LogP contribution in [0.1, 0.15) is 11.1 Å². The summed E-state index contributed by atoms with van der Waals surface area (Å²) in [5.41, 5.74) is 4.08. The molecule has 0 fully saturated rings. The van der Waals surface area contributed by atoms with E-state index in [0.29, 0.717) is 16.5 Å². The smallest absolute Gasteiger partial charge is 0.237 e. The van der Waals surface area contributed by atoms with Gasteiger partial charge in [0.25, 0.3) is 10.0 Å². The zero-order valence-corrected chi connectivity index (χ0v) is 20.1. The molecule has 0 aliphatic heterocycles. The van der Waals surface area contributed by atoms with Crippen molar-refractivity contribution in [3.8, 4) is 21.6 Å². The number of fused-ring (bicyclic) bond motifs is 1. The van der Waals surface area contributed by atoms with Crippen LogP contribution >= 0.6 is 22.9 Å². The van der Waals surface area contributed by atoms with Crippen molar-refractivity contribution in [1.82, 2.24) is 8.96 Å². The van der Waals surface area contributed by atoms with E-state index in [2.05, 4.69) is 4.98 Å². The lowest BCUT2D eigenvalue weighted by Gasteiger charge is -2.07. The van der Waals surface area contributed by atoms with Crippen LogP contribution in [0.15, 0.2) is 77.3 Å². The number of pyridine rings is 1. The van der Waals surface area contributed by atoms with E-state index >= 15 is 0 Å². The van der Waals surface area contributed by atoms with Gasteiger partial charge < -0.3 is 0 Å². The highest BCUT2D eigenvalue weighted by Gasteiger charge is 2.24. The van der Waals surface area contributed by atoms with Crippen LogP contribution in [-0.2, 0) is 10.0 Å². The van der Waals surface area contributed by atoms with Crippen molar-refractivity contribution in [1.29, 1.82) is 0 Å². The Bertz CT molecular complexity index is 1620. The Morgan fingerprint density at radius 3 is 2.45 bits per heavy atom. The highest BCUT2D eigenvalue weighted by Crippen LogP contribution is 2.39. The number of thiophene rings is 1. The lowest BCUT2D eigenvalue weighted by atomic mass is 10.0. The molecule has 0 saturated carbocycles. The third kappa shape index (κ3) is 3.76. The molecule has 0 bridgehead atoms. The normalized spacial score (nSPS) is 11.9. The Kier molecular flexibility index (Phi) is 5.35. The summed E-state index contributed by atoms with van der Waals surface area (Å²) < 4.78 is 42.5. The van der Waals surface area contributed by atoms with Crippen LogP contribution in [0, 0.1) is 19.7 Å². The summed E-state index contributed by atoms with van der Waals surface area (Å²) in [5.74, 6) is -0.575. The third-order valence-electron chi connectivity index (χ3n) is 5.45. The van der Waals surface area contributed by atoms with Crippen molar-refractivity contribution < 1.29 is 12.8 Å². The molecule has 0 atom stereocenters. The van der Waals surface area contributed by atoms with E-state index in [1.165, 1.54) is 12.3 Å². The molecule has 5 rings (SSSR count). The second-order valence-corrected chi connectivity index (χ2v) is 10.9. The molecule has 3 aromatic heterocycles. The van der Waals surface area contributed by atoms with Gasteiger partial charge in [-0.25, -0.2) is 21.8 Å². The number of aromatic nitrogens is 2. The maximum absolute atomic E-state index is 14.3. The SMILES string of the molecule is Cc1ccc(S(=O)(=O)n2cc(-c3cccc(F)c3Cl)c3cc(-c4cc(C)cs4)cnc32)cc1. The molecular weight excluding hydrogens is 479 g/mol. The number of hydrogen-bond donors (Lipinski definition) is 0. The van der Waals surface area contributed by atoms with Crippen LogP contribution in [-0.4, -0.2) is 17.4 Å². The Labute approximate surface area is 200 Å². The summed E-state index contributed by atoms with van der Waals surface area (Å²) in [6, 6.07) is 15.0. The summed E-state index contributed by atoms with van der Waals surface area (Å²) in [7, 11) is -3.95. The van der Waals surface area contributed by atoms with Crippen molar-refractivity contribution in [2.75, 3.05) is 0 Å². The molecule has 33 heavy (non-hydrogen) atoms. The Morgan fingerprint density at radius 1 is 1.00 bits per heavy atom. The van der Waals surface area contributed by atoms with Gasteiger partial charge in [-0.15, -0.1) is 11.3 Å². The monoisotopic (exact) mass is 496 g/mol. The van der Waals surface area contributed by atoms with Crippen molar-refractivity contribution in [2.24, 2.45) is 0 Å². The van der Waals surface area contributed by atoms with Crippen LogP contribution in [0.25, 0.3) is 32.6 Å². The summed E-state index contributed by atoms with van der Waals surface area (Å²) in [6.07, 6.45) is 3.13. The van der Waals surface area contributed by atoms with Gasteiger partial charge in [-0.05, 0) is 55.1 Å². The fourth-order valence-corrected chi connectivity index (χ4v) is 6.16. The first-order valence-electron chi connectivity index (χ1n) is 10.1. The minimum Gasteiger partial charge on any atom is -0.237 e. The fraction of sp³-hybridized carbons (Fsp3) is 0.0800. The second kappa shape index (κ2) is 8.09. The number of aryl methyl sites for hydroxylation is 2. The summed E-state index contributed by atoms with van der Waals surface area (Å²) in [6.45, 7) is 3.90. The van der Waals surface area contributed by atoms with Gasteiger partial charge in [0.15, 0.2) is 5.65 Å². The van der Waals surface area contributed by atoms with E-state index < -0.39 is 15.8 Å². The van der Waals surface area contributed by atoms with E-state index in [1.54, 1.807) is 53.9 Å². The first-order chi connectivity index (χ1) is 15.8. The predicted octanol–water partition coefficient (Wildman–Crippen LogP) is 7.08. The molecule has 0 amide bonds. The molecular formula is C25H18ClFN2O2S2. The van der Waals surface area contributed by atoms with Gasteiger partial charge in [0, 0.05) is 39.3 Å². The minimum atomic E-state index is -3.95. The zero-order chi connectivity index (χ0) is 23.3. The maximum atomic E-state index is 14.3. The van der Waals surface area contributed by atoms with Crippen molar-refractivity contribution in [2.45, 2.75) is 18.7 Å². The van der Waals surface area contributed by atoms with Crippen LogP contribution < -0.4 is 0 Å². The van der Waals surface area contributed by atoms with Gasteiger partial charge in [-0.2, -0.15) is 0 Å². The first-order valence-corrected chi connectivity index (χ1v) is 12.8. The van der Waals surface area contributed by atoms with Gasteiger partial charge in [-0.3, -0.25) is 0 Å². The van der Waals surface area contributed by atoms with Crippen molar-refractivity contribution in [3.63, 3.8) is 0 Å². The quantitative estimate of drug-likeness (QED) is 0.267. The average Bonchev–Trinajstić information content (AvgIpc) is 3.40. The summed E-state index contributed by atoms with van der Waals surface area (Å²) >= 11 is 7.87. The van der Waals surface area contributed by atoms with Crippen LogP contribution in [0.3, 0.4) is 0 Å². The molecule has 0 saturated heterocycles. The van der Waals surface area contributed by atoms with Crippen LogP contribution in [0.5, 0.6) is 0 Å². The van der Waals surface area contributed by atoms with Gasteiger partial charge in [-0.1, -0.05) is 41.4 Å². The minimum absolute atomic E-state index is 0.0679. The summed E-state index contributed by atoms with van der Waals surface area (Å²) in [5, 5.41) is 2.54. The standard InChI is InChI=1S/C25H18ClFN2O2S2/c1-15-6-8-18(9-7-15)33(30,31)29-13-21(19-4-3-5-22(27)24(19)26)20-11-17(12-28-25(20)29)23-10-16(2)14-32-23/h3-14H,1-2H3. The molecule has 8 heteroatoms. The molecule has 0 N–H and O–H groups in total. The lowest BCUT2D eigenvalue weighted by Crippen LogP contribution is -2.12. The molecule has 0 unspecified atom stereocenters. The molecule has 0 radical (unpaired) electrons. The Morgan fingerprint density at radius 2 is 1.76 bits per heavy atom. The molecule has 0 spiro atoms. The number of nitrogens with zero attached hydrogens (tertiary/aromatic N) is 2. The summed E-state index contributed by atoms with van der Waals surface area (Å²) in [4.78, 5) is 5.68. The number of hydrogen-bond acceptors (Lipinski definition) is 4. The third-order valence-corrected chi connectivity index (χ3v) is 8.59. The highest BCUT2D eigenvalue weighted by atomic mass is 35.5. The molecule has 2 aromatic carbocycles. The molecule has 166 valence electrons. The average molecular weight is 497 g/mol. The van der Waals surface area contributed by atoms with E-state index in [1.807, 2.05) is 31.4 Å². The second-order valence-electron chi connectivity index (χ2n) is 7.84. The topological polar surface area (TPSA) is 52.0 Å².